The molecule has 2 aromatic heterocycles. The molecule has 4 nitrogen and oxygen atoms in total. The van der Waals surface area contributed by atoms with Crippen LogP contribution < -0.4 is 4.90 Å². The summed E-state index contributed by atoms with van der Waals surface area (Å²) in [5.74, 6) is 0. The molecule has 0 saturated carbocycles. The lowest BCUT2D eigenvalue weighted by atomic mass is 10.1. The maximum absolute atomic E-state index is 4.37. The summed E-state index contributed by atoms with van der Waals surface area (Å²) in [4.78, 5) is 2.51. The Morgan fingerprint density at radius 2 is 1.38 bits per heavy atom. The molecule has 4 heteroatoms. The smallest absolute Gasteiger partial charge is 0.0696 e. The summed E-state index contributed by atoms with van der Waals surface area (Å²) in [6.07, 6.45) is 4.96. The fourth-order valence-corrected chi connectivity index (χ4v) is 4.48. The molecule has 3 aromatic rings. The molecule has 0 radical (unpaired) electrons. The Morgan fingerprint density at radius 3 is 2.00 bits per heavy atom. The molecule has 0 unspecified atom stereocenters. The van der Waals surface area contributed by atoms with E-state index in [9.17, 15) is 0 Å². The van der Waals surface area contributed by atoms with Crippen LogP contribution >= 0.6 is 0 Å². The van der Waals surface area contributed by atoms with Crippen molar-refractivity contribution in [3.8, 4) is 5.69 Å². The van der Waals surface area contributed by atoms with E-state index in [1.807, 2.05) is 0 Å². The molecule has 3 heterocycles. The van der Waals surface area contributed by atoms with E-state index in [1.165, 1.54) is 65.9 Å². The molecule has 0 amide bonds. The zero-order chi connectivity index (χ0) is 18.3. The minimum absolute atomic E-state index is 0.976. The number of aryl methyl sites for hydroxylation is 4. The van der Waals surface area contributed by atoms with E-state index in [2.05, 4.69) is 71.6 Å². The average Bonchev–Trinajstić information content (AvgIpc) is 2.99. The molecule has 4 rings (SSSR count). The summed E-state index contributed by atoms with van der Waals surface area (Å²) in [7, 11) is 0. The second kappa shape index (κ2) is 6.75. The fraction of sp³-hybridized carbons (Fsp3) is 0.455. The lowest BCUT2D eigenvalue weighted by Gasteiger charge is -2.29. The molecule has 0 atom stereocenters. The molecule has 1 saturated heterocycles. The van der Waals surface area contributed by atoms with Gasteiger partial charge in [-0.2, -0.15) is 10.2 Å². The Labute approximate surface area is 155 Å². The van der Waals surface area contributed by atoms with Crippen LogP contribution in [0.25, 0.3) is 16.5 Å². The second-order valence-corrected chi connectivity index (χ2v) is 7.41. The summed E-state index contributed by atoms with van der Waals surface area (Å²) >= 11 is 0. The number of hydrogen-bond donors (Lipinski definition) is 0. The monoisotopic (exact) mass is 348 g/mol. The summed E-state index contributed by atoms with van der Waals surface area (Å²) in [5.41, 5.74) is 7.21. The van der Waals surface area contributed by atoms with E-state index in [4.69, 9.17) is 0 Å². The number of anilines is 1. The molecule has 1 aromatic carbocycles. The first-order chi connectivity index (χ1) is 12.6. The fourth-order valence-electron chi connectivity index (χ4n) is 4.48. The molecule has 0 N–H and O–H groups in total. The molecular formula is C22H28N4. The van der Waals surface area contributed by atoms with Crippen molar-refractivity contribution in [1.82, 2.24) is 14.8 Å². The van der Waals surface area contributed by atoms with Crippen LogP contribution in [0.4, 0.5) is 5.69 Å². The van der Waals surface area contributed by atoms with Crippen LogP contribution in [0.2, 0.25) is 0 Å². The van der Waals surface area contributed by atoms with Gasteiger partial charge in [-0.15, -0.1) is 0 Å². The van der Waals surface area contributed by atoms with Gasteiger partial charge in [-0.05, 0) is 70.7 Å². The average molecular weight is 348 g/mol. The predicted molar refractivity (Wildman–Crippen MR) is 109 cm³/mol. The van der Waals surface area contributed by atoms with Crippen LogP contribution in [0.15, 0.2) is 24.3 Å². The van der Waals surface area contributed by atoms with Gasteiger partial charge in [-0.1, -0.05) is 6.92 Å². The van der Waals surface area contributed by atoms with E-state index in [0.717, 1.165) is 17.8 Å². The van der Waals surface area contributed by atoms with Crippen LogP contribution in [-0.2, 0) is 6.42 Å². The van der Waals surface area contributed by atoms with Crippen molar-refractivity contribution in [3.05, 3.63) is 47.0 Å². The molecule has 0 aliphatic carbocycles. The third-order valence-corrected chi connectivity index (χ3v) is 5.74. The highest BCUT2D eigenvalue weighted by atomic mass is 15.1. The standard InChI is InChI=1S/C22H28N4/c1-5-20-22-16(3)24-23-15(2)21(22)17(4)26(20)19-11-9-18(10-12-19)25-13-7-6-8-14-25/h9-12H,5-8,13-14H2,1-4H3. The Hall–Kier alpha value is -2.36. The number of benzene rings is 1. The molecular weight excluding hydrogens is 320 g/mol. The maximum Gasteiger partial charge on any atom is 0.0696 e. The van der Waals surface area contributed by atoms with E-state index >= 15 is 0 Å². The number of piperidine rings is 1. The van der Waals surface area contributed by atoms with Crippen LogP contribution in [0.1, 0.15) is 49.0 Å². The lowest BCUT2D eigenvalue weighted by molar-refractivity contribution is 0.578. The summed E-state index contributed by atoms with van der Waals surface area (Å²) in [6.45, 7) is 10.9. The van der Waals surface area contributed by atoms with Gasteiger partial charge in [-0.25, -0.2) is 0 Å². The van der Waals surface area contributed by atoms with Gasteiger partial charge in [0.2, 0.25) is 0 Å². The van der Waals surface area contributed by atoms with E-state index < -0.39 is 0 Å². The Kier molecular flexibility index (Phi) is 4.43. The van der Waals surface area contributed by atoms with Crippen molar-refractivity contribution < 1.29 is 0 Å². The van der Waals surface area contributed by atoms with Crippen LogP contribution in [0.5, 0.6) is 0 Å². The van der Waals surface area contributed by atoms with Crippen LogP contribution in [-0.4, -0.2) is 27.9 Å². The molecule has 1 fully saturated rings. The van der Waals surface area contributed by atoms with Gasteiger partial charge in [-0.3, -0.25) is 0 Å². The molecule has 0 spiro atoms. The first-order valence-electron chi connectivity index (χ1n) is 9.81. The van der Waals surface area contributed by atoms with Gasteiger partial charge < -0.3 is 9.47 Å². The van der Waals surface area contributed by atoms with Crippen LogP contribution in [0, 0.1) is 20.8 Å². The normalized spacial score (nSPS) is 15.0. The van der Waals surface area contributed by atoms with Crippen molar-refractivity contribution in [1.29, 1.82) is 0 Å². The molecule has 0 bridgehead atoms. The van der Waals surface area contributed by atoms with Gasteiger partial charge in [0.25, 0.3) is 0 Å². The largest absolute Gasteiger partial charge is 0.372 e. The van der Waals surface area contributed by atoms with Gasteiger partial charge in [0.05, 0.1) is 11.4 Å². The zero-order valence-electron chi connectivity index (χ0n) is 16.3. The summed E-state index contributed by atoms with van der Waals surface area (Å²) < 4.78 is 2.40. The third kappa shape index (κ3) is 2.68. The van der Waals surface area contributed by atoms with Crippen molar-refractivity contribution >= 4 is 16.5 Å². The van der Waals surface area contributed by atoms with Crippen LogP contribution in [0.3, 0.4) is 0 Å². The highest BCUT2D eigenvalue weighted by Crippen LogP contribution is 2.33. The van der Waals surface area contributed by atoms with Crippen molar-refractivity contribution in [2.45, 2.75) is 53.4 Å². The van der Waals surface area contributed by atoms with Crippen molar-refractivity contribution in [3.63, 3.8) is 0 Å². The first-order valence-corrected chi connectivity index (χ1v) is 9.81. The Morgan fingerprint density at radius 1 is 0.808 bits per heavy atom. The minimum atomic E-state index is 0.976. The van der Waals surface area contributed by atoms with Gasteiger partial charge in [0.1, 0.15) is 0 Å². The third-order valence-electron chi connectivity index (χ3n) is 5.74. The Balaban J connectivity index is 1.82. The molecule has 26 heavy (non-hydrogen) atoms. The molecule has 136 valence electrons. The minimum Gasteiger partial charge on any atom is -0.372 e. The highest BCUT2D eigenvalue weighted by molar-refractivity contribution is 5.92. The van der Waals surface area contributed by atoms with E-state index in [1.54, 1.807) is 0 Å². The number of aromatic nitrogens is 3. The molecule has 1 aliphatic rings. The highest BCUT2D eigenvalue weighted by Gasteiger charge is 2.19. The quantitative estimate of drug-likeness (QED) is 0.675. The van der Waals surface area contributed by atoms with E-state index in [0.29, 0.717) is 0 Å². The van der Waals surface area contributed by atoms with Crippen molar-refractivity contribution in [2.24, 2.45) is 0 Å². The van der Waals surface area contributed by atoms with Gasteiger partial charge >= 0.3 is 0 Å². The number of fused-ring (bicyclic) bond motifs is 1. The lowest BCUT2D eigenvalue weighted by Crippen LogP contribution is -2.29. The number of nitrogens with zero attached hydrogens (tertiary/aromatic N) is 4. The zero-order valence-corrected chi connectivity index (χ0v) is 16.3. The SMILES string of the molecule is CCc1c2c(C)nnc(C)c2c(C)n1-c1ccc(N2CCCCC2)cc1. The van der Waals surface area contributed by atoms with Crippen molar-refractivity contribution in [2.75, 3.05) is 18.0 Å². The van der Waals surface area contributed by atoms with Gasteiger partial charge in [0, 0.05) is 46.6 Å². The second-order valence-electron chi connectivity index (χ2n) is 7.41. The number of hydrogen-bond acceptors (Lipinski definition) is 3. The maximum atomic E-state index is 4.37. The van der Waals surface area contributed by atoms with E-state index in [-0.39, 0.29) is 0 Å². The topological polar surface area (TPSA) is 34.0 Å². The number of rotatable bonds is 3. The predicted octanol–water partition coefficient (Wildman–Crippen LogP) is 4.90. The summed E-state index contributed by atoms with van der Waals surface area (Å²) in [6, 6.07) is 9.09. The Bertz CT molecular complexity index is 931. The first kappa shape index (κ1) is 17.1. The van der Waals surface area contributed by atoms with Gasteiger partial charge in [0.15, 0.2) is 0 Å². The summed E-state index contributed by atoms with van der Waals surface area (Å²) in [5, 5.41) is 11.3. The molecule has 1 aliphatic heterocycles.